The first-order chi connectivity index (χ1) is 10.2. The Morgan fingerprint density at radius 2 is 1.90 bits per heavy atom. The molecule has 0 aliphatic carbocycles. The van der Waals surface area contributed by atoms with E-state index < -0.39 is 0 Å². The third-order valence-corrected chi connectivity index (χ3v) is 4.81. The lowest BCUT2D eigenvalue weighted by Crippen LogP contribution is -2.48. The number of thiocarbonyl (C=S) groups is 1. The number of nitrogens with one attached hydrogen (secondary N) is 1. The van der Waals surface area contributed by atoms with Crippen molar-refractivity contribution in [3.05, 3.63) is 29.3 Å². The van der Waals surface area contributed by atoms with Gasteiger partial charge in [0, 0.05) is 63.1 Å². The Morgan fingerprint density at radius 3 is 2.57 bits per heavy atom. The van der Waals surface area contributed by atoms with Gasteiger partial charge in [-0.05, 0) is 30.4 Å². The number of halogens is 1. The van der Waals surface area contributed by atoms with Gasteiger partial charge in [0.25, 0.3) is 0 Å². The van der Waals surface area contributed by atoms with Gasteiger partial charge in [0.1, 0.15) is 0 Å². The van der Waals surface area contributed by atoms with E-state index in [1.165, 1.54) is 5.69 Å². The van der Waals surface area contributed by atoms with E-state index in [2.05, 4.69) is 26.1 Å². The Balaban J connectivity index is 1.45. The minimum Gasteiger partial charge on any atom is -0.369 e. The van der Waals surface area contributed by atoms with Gasteiger partial charge >= 0.3 is 0 Å². The topological polar surface area (TPSA) is 21.8 Å². The van der Waals surface area contributed by atoms with Crippen LogP contribution in [0.25, 0.3) is 0 Å². The van der Waals surface area contributed by atoms with E-state index in [0.717, 1.165) is 62.5 Å². The fourth-order valence-electron chi connectivity index (χ4n) is 2.89. The smallest absolute Gasteiger partial charge is 0.169 e. The summed E-state index contributed by atoms with van der Waals surface area (Å²) >= 11 is 11.3. The summed E-state index contributed by atoms with van der Waals surface area (Å²) in [5.41, 5.74) is 1.23. The predicted octanol–water partition coefficient (Wildman–Crippen LogP) is 1.65. The molecule has 2 aliphatic heterocycles. The summed E-state index contributed by atoms with van der Waals surface area (Å²) < 4.78 is 0. The molecule has 1 aromatic carbocycles. The van der Waals surface area contributed by atoms with Gasteiger partial charge in [-0.15, -0.1) is 0 Å². The maximum Gasteiger partial charge on any atom is 0.169 e. The summed E-state index contributed by atoms with van der Waals surface area (Å²) in [5, 5.41) is 4.93. The lowest BCUT2D eigenvalue weighted by Gasteiger charge is -2.36. The first-order valence-electron chi connectivity index (χ1n) is 7.48. The molecule has 6 heteroatoms. The zero-order valence-corrected chi connectivity index (χ0v) is 13.7. The number of rotatable bonds is 4. The third kappa shape index (κ3) is 3.78. The van der Waals surface area contributed by atoms with Crippen molar-refractivity contribution in [2.75, 3.05) is 57.3 Å². The number of piperazine rings is 1. The predicted molar refractivity (Wildman–Crippen MR) is 92.3 cm³/mol. The molecule has 0 amide bonds. The van der Waals surface area contributed by atoms with Crippen molar-refractivity contribution < 1.29 is 0 Å². The first kappa shape index (κ1) is 14.9. The molecule has 1 aromatic rings. The lowest BCUT2D eigenvalue weighted by molar-refractivity contribution is 0.239. The third-order valence-electron chi connectivity index (χ3n) is 4.18. The molecule has 0 unspecified atom stereocenters. The quantitative estimate of drug-likeness (QED) is 0.848. The molecule has 0 spiro atoms. The molecule has 0 bridgehead atoms. The van der Waals surface area contributed by atoms with Gasteiger partial charge in [-0.25, -0.2) is 0 Å². The van der Waals surface area contributed by atoms with Crippen LogP contribution >= 0.6 is 23.8 Å². The van der Waals surface area contributed by atoms with E-state index in [-0.39, 0.29) is 0 Å². The van der Waals surface area contributed by atoms with E-state index in [1.807, 2.05) is 18.2 Å². The molecule has 2 heterocycles. The Labute approximate surface area is 136 Å². The minimum atomic E-state index is 0.810. The summed E-state index contributed by atoms with van der Waals surface area (Å²) in [6.07, 6.45) is 0. The highest BCUT2D eigenvalue weighted by Gasteiger charge is 2.20. The molecule has 1 N–H and O–H groups in total. The van der Waals surface area contributed by atoms with Crippen molar-refractivity contribution in [2.45, 2.75) is 0 Å². The summed E-state index contributed by atoms with van der Waals surface area (Å²) in [6, 6.07) is 8.13. The maximum atomic E-state index is 6.07. The van der Waals surface area contributed by atoms with Crippen molar-refractivity contribution in [3.63, 3.8) is 0 Å². The Hall–Kier alpha value is -1.04. The zero-order valence-electron chi connectivity index (χ0n) is 12.1. The summed E-state index contributed by atoms with van der Waals surface area (Å²) in [4.78, 5) is 7.19. The maximum absolute atomic E-state index is 6.07. The molecule has 4 nitrogen and oxygen atoms in total. The minimum absolute atomic E-state index is 0.810. The van der Waals surface area contributed by atoms with Gasteiger partial charge in [-0.2, -0.15) is 0 Å². The van der Waals surface area contributed by atoms with E-state index in [0.29, 0.717) is 0 Å². The van der Waals surface area contributed by atoms with E-state index in [9.17, 15) is 0 Å². The van der Waals surface area contributed by atoms with Crippen LogP contribution in [0.4, 0.5) is 5.69 Å². The van der Waals surface area contributed by atoms with Crippen molar-refractivity contribution in [2.24, 2.45) is 0 Å². The fraction of sp³-hybridized carbons (Fsp3) is 0.533. The highest BCUT2D eigenvalue weighted by Crippen LogP contribution is 2.20. The first-order valence-corrected chi connectivity index (χ1v) is 8.27. The van der Waals surface area contributed by atoms with Gasteiger partial charge in [0.2, 0.25) is 0 Å². The number of hydrogen-bond donors (Lipinski definition) is 1. The Kier molecular flexibility index (Phi) is 4.83. The van der Waals surface area contributed by atoms with Crippen LogP contribution in [0.15, 0.2) is 24.3 Å². The largest absolute Gasteiger partial charge is 0.369 e. The van der Waals surface area contributed by atoms with Crippen LogP contribution in [-0.2, 0) is 0 Å². The molecule has 3 rings (SSSR count). The summed E-state index contributed by atoms with van der Waals surface area (Å²) in [7, 11) is 0. The highest BCUT2D eigenvalue weighted by atomic mass is 35.5. The standard InChI is InChI=1S/C15H21ClN4S/c16-13-2-1-3-14(12-13)19-9-6-18(7-10-19)8-11-20-5-4-17-15(20)21/h1-3,12H,4-11H2,(H,17,21). The van der Waals surface area contributed by atoms with Crippen LogP contribution in [0.2, 0.25) is 5.02 Å². The highest BCUT2D eigenvalue weighted by molar-refractivity contribution is 7.80. The van der Waals surface area contributed by atoms with Crippen LogP contribution in [0.5, 0.6) is 0 Å². The molecule has 114 valence electrons. The number of benzene rings is 1. The van der Waals surface area contributed by atoms with Gasteiger partial charge < -0.3 is 15.1 Å². The lowest BCUT2D eigenvalue weighted by atomic mass is 10.2. The summed E-state index contributed by atoms with van der Waals surface area (Å²) in [5.74, 6) is 0. The molecule has 21 heavy (non-hydrogen) atoms. The number of hydrogen-bond acceptors (Lipinski definition) is 3. The van der Waals surface area contributed by atoms with Crippen molar-refractivity contribution in [1.82, 2.24) is 15.1 Å². The molecule has 2 saturated heterocycles. The molecule has 2 aliphatic rings. The van der Waals surface area contributed by atoms with Gasteiger partial charge in [0.15, 0.2) is 5.11 Å². The molecular formula is C15H21ClN4S. The normalized spacial score (nSPS) is 20.0. The molecule has 2 fully saturated rings. The Morgan fingerprint density at radius 1 is 1.10 bits per heavy atom. The number of anilines is 1. The second kappa shape index (κ2) is 6.81. The fourth-order valence-corrected chi connectivity index (χ4v) is 3.36. The van der Waals surface area contributed by atoms with Crippen LogP contribution in [-0.4, -0.2) is 67.3 Å². The molecule has 0 atom stereocenters. The van der Waals surface area contributed by atoms with Crippen LogP contribution in [0.1, 0.15) is 0 Å². The molecule has 0 aromatic heterocycles. The summed E-state index contributed by atoms with van der Waals surface area (Å²) in [6.45, 7) is 8.46. The van der Waals surface area contributed by atoms with Crippen molar-refractivity contribution in [3.8, 4) is 0 Å². The second-order valence-electron chi connectivity index (χ2n) is 5.53. The molecule has 0 radical (unpaired) electrons. The van der Waals surface area contributed by atoms with Crippen molar-refractivity contribution >= 4 is 34.6 Å². The van der Waals surface area contributed by atoms with Gasteiger partial charge in [-0.1, -0.05) is 17.7 Å². The Bertz CT molecular complexity index is 502. The number of nitrogens with zero attached hydrogens (tertiary/aromatic N) is 3. The van der Waals surface area contributed by atoms with Crippen molar-refractivity contribution in [1.29, 1.82) is 0 Å². The average Bonchev–Trinajstić information content (AvgIpc) is 2.91. The van der Waals surface area contributed by atoms with Gasteiger partial charge in [-0.3, -0.25) is 4.90 Å². The van der Waals surface area contributed by atoms with Crippen LogP contribution < -0.4 is 10.2 Å². The van der Waals surface area contributed by atoms with E-state index in [4.69, 9.17) is 23.8 Å². The van der Waals surface area contributed by atoms with E-state index in [1.54, 1.807) is 0 Å². The van der Waals surface area contributed by atoms with E-state index >= 15 is 0 Å². The zero-order chi connectivity index (χ0) is 14.7. The average molecular weight is 325 g/mol. The molecule has 0 saturated carbocycles. The second-order valence-corrected chi connectivity index (χ2v) is 6.35. The SMILES string of the molecule is S=C1NCCN1CCN1CCN(c2cccc(Cl)c2)CC1. The van der Waals surface area contributed by atoms with Crippen LogP contribution in [0, 0.1) is 0 Å². The van der Waals surface area contributed by atoms with Crippen LogP contribution in [0.3, 0.4) is 0 Å². The van der Waals surface area contributed by atoms with Gasteiger partial charge in [0.05, 0.1) is 0 Å². The molecular weight excluding hydrogens is 304 g/mol. The monoisotopic (exact) mass is 324 g/mol.